The summed E-state index contributed by atoms with van der Waals surface area (Å²) < 4.78 is 5.43. The number of halogens is 1. The average Bonchev–Trinajstić information content (AvgIpc) is 2.60. The van der Waals surface area contributed by atoms with Gasteiger partial charge in [-0.3, -0.25) is 4.90 Å². The number of rotatable bonds is 4. The van der Waals surface area contributed by atoms with Crippen molar-refractivity contribution in [3.05, 3.63) is 29.3 Å². The molecule has 0 aromatic heterocycles. The molecule has 0 unspecified atom stereocenters. The maximum atomic E-state index is 5.84. The molecule has 1 aromatic rings. The molecule has 1 saturated heterocycles. The molecule has 94 valence electrons. The monoisotopic (exact) mass is 254 g/mol. The van der Waals surface area contributed by atoms with Crippen LogP contribution >= 0.6 is 11.6 Å². The second-order valence-electron chi connectivity index (χ2n) is 4.24. The van der Waals surface area contributed by atoms with Crippen molar-refractivity contribution in [2.75, 3.05) is 44.7 Å². The van der Waals surface area contributed by atoms with Gasteiger partial charge in [0.2, 0.25) is 0 Å². The van der Waals surface area contributed by atoms with Gasteiger partial charge < -0.3 is 10.1 Å². The third-order valence-corrected chi connectivity index (χ3v) is 3.17. The smallest absolute Gasteiger partial charge is 0.0593 e. The molecular weight excluding hydrogens is 236 g/mol. The molecule has 0 amide bonds. The summed E-state index contributed by atoms with van der Waals surface area (Å²) in [5.74, 6) is 0. The Balaban J connectivity index is 1.69. The lowest BCUT2D eigenvalue weighted by Crippen LogP contribution is -2.31. The van der Waals surface area contributed by atoms with Crippen molar-refractivity contribution in [1.82, 2.24) is 4.90 Å². The Morgan fingerprint density at radius 3 is 2.82 bits per heavy atom. The van der Waals surface area contributed by atoms with Crippen LogP contribution in [-0.4, -0.2) is 44.3 Å². The number of benzene rings is 1. The zero-order valence-corrected chi connectivity index (χ0v) is 10.7. The summed E-state index contributed by atoms with van der Waals surface area (Å²) in [6, 6.07) is 7.83. The van der Waals surface area contributed by atoms with E-state index in [0.29, 0.717) is 0 Å². The molecule has 0 saturated carbocycles. The van der Waals surface area contributed by atoms with Crippen molar-refractivity contribution in [3.63, 3.8) is 0 Å². The Hall–Kier alpha value is -0.770. The molecule has 1 aromatic carbocycles. The van der Waals surface area contributed by atoms with Gasteiger partial charge in [-0.2, -0.15) is 0 Å². The number of ether oxygens (including phenoxy) is 1. The average molecular weight is 255 g/mol. The Morgan fingerprint density at radius 1 is 1.18 bits per heavy atom. The summed E-state index contributed by atoms with van der Waals surface area (Å²) in [6.45, 7) is 5.97. The van der Waals surface area contributed by atoms with Crippen LogP contribution in [0.3, 0.4) is 0 Å². The van der Waals surface area contributed by atoms with Gasteiger partial charge in [-0.15, -0.1) is 0 Å². The van der Waals surface area contributed by atoms with Crippen LogP contribution < -0.4 is 5.32 Å². The quantitative estimate of drug-likeness (QED) is 0.894. The summed E-state index contributed by atoms with van der Waals surface area (Å²) >= 11 is 5.84. The van der Waals surface area contributed by atoms with Crippen molar-refractivity contribution < 1.29 is 4.74 Å². The first kappa shape index (κ1) is 12.7. The number of anilines is 1. The van der Waals surface area contributed by atoms with Crippen LogP contribution in [-0.2, 0) is 4.74 Å². The van der Waals surface area contributed by atoms with Gasteiger partial charge >= 0.3 is 0 Å². The minimum atomic E-state index is 0.778. The molecule has 2 rings (SSSR count). The van der Waals surface area contributed by atoms with E-state index in [1.54, 1.807) is 0 Å². The van der Waals surface area contributed by atoms with Gasteiger partial charge in [-0.25, -0.2) is 0 Å². The van der Waals surface area contributed by atoms with E-state index in [1.807, 2.05) is 24.3 Å². The summed E-state index contributed by atoms with van der Waals surface area (Å²) in [5.41, 5.74) is 1.13. The first-order valence-electron chi connectivity index (χ1n) is 6.14. The highest BCUT2D eigenvalue weighted by Crippen LogP contribution is 2.13. The molecule has 0 bridgehead atoms. The van der Waals surface area contributed by atoms with E-state index in [4.69, 9.17) is 16.3 Å². The third-order valence-electron chi connectivity index (χ3n) is 2.92. The number of hydrogen-bond acceptors (Lipinski definition) is 3. The number of nitrogens with zero attached hydrogens (tertiary/aromatic N) is 1. The van der Waals surface area contributed by atoms with Crippen LogP contribution in [0.25, 0.3) is 0 Å². The van der Waals surface area contributed by atoms with Gasteiger partial charge in [0.25, 0.3) is 0 Å². The lowest BCUT2D eigenvalue weighted by Gasteiger charge is -2.19. The minimum Gasteiger partial charge on any atom is -0.384 e. The van der Waals surface area contributed by atoms with Crippen molar-refractivity contribution in [1.29, 1.82) is 0 Å². The first-order chi connectivity index (χ1) is 8.34. The van der Waals surface area contributed by atoms with Gasteiger partial charge in [-0.1, -0.05) is 11.6 Å². The zero-order chi connectivity index (χ0) is 11.9. The molecule has 1 N–H and O–H groups in total. The lowest BCUT2D eigenvalue weighted by atomic mass is 10.3. The molecule has 3 nitrogen and oxygen atoms in total. The summed E-state index contributed by atoms with van der Waals surface area (Å²) in [5, 5.41) is 4.18. The highest BCUT2D eigenvalue weighted by molar-refractivity contribution is 6.30. The van der Waals surface area contributed by atoms with Gasteiger partial charge in [-0.05, 0) is 30.7 Å². The van der Waals surface area contributed by atoms with Gasteiger partial charge in [0.05, 0.1) is 6.61 Å². The van der Waals surface area contributed by atoms with Crippen molar-refractivity contribution in [2.45, 2.75) is 6.42 Å². The Morgan fingerprint density at radius 2 is 2.00 bits per heavy atom. The number of hydrogen-bond donors (Lipinski definition) is 1. The molecule has 4 heteroatoms. The van der Waals surface area contributed by atoms with E-state index in [1.165, 1.54) is 0 Å². The topological polar surface area (TPSA) is 24.5 Å². The molecule has 17 heavy (non-hydrogen) atoms. The fourth-order valence-electron chi connectivity index (χ4n) is 1.95. The molecule has 1 aliphatic rings. The van der Waals surface area contributed by atoms with Crippen LogP contribution in [0.2, 0.25) is 5.02 Å². The molecule has 1 fully saturated rings. The van der Waals surface area contributed by atoms with E-state index in [9.17, 15) is 0 Å². The van der Waals surface area contributed by atoms with Crippen LogP contribution in [0, 0.1) is 0 Å². The molecule has 1 aliphatic heterocycles. The van der Waals surface area contributed by atoms with Crippen LogP contribution in [0.1, 0.15) is 6.42 Å². The number of nitrogens with one attached hydrogen (secondary N) is 1. The molecule has 0 radical (unpaired) electrons. The maximum Gasteiger partial charge on any atom is 0.0593 e. The lowest BCUT2D eigenvalue weighted by molar-refractivity contribution is 0.142. The maximum absolute atomic E-state index is 5.84. The SMILES string of the molecule is Clc1ccc(NCCN2CCCOCC2)cc1. The second kappa shape index (κ2) is 6.84. The highest BCUT2D eigenvalue weighted by atomic mass is 35.5. The molecule has 0 spiro atoms. The third kappa shape index (κ3) is 4.54. The second-order valence-corrected chi connectivity index (χ2v) is 4.68. The van der Waals surface area contributed by atoms with Crippen LogP contribution in [0.15, 0.2) is 24.3 Å². The summed E-state index contributed by atoms with van der Waals surface area (Å²) in [6.07, 6.45) is 1.14. The van der Waals surface area contributed by atoms with Gasteiger partial charge in [0.15, 0.2) is 0 Å². The fourth-order valence-corrected chi connectivity index (χ4v) is 2.07. The highest BCUT2D eigenvalue weighted by Gasteiger charge is 2.07. The predicted molar refractivity (Wildman–Crippen MR) is 71.8 cm³/mol. The molecule has 0 aliphatic carbocycles. The summed E-state index contributed by atoms with van der Waals surface area (Å²) in [4.78, 5) is 2.44. The Bertz CT molecular complexity index is 321. The van der Waals surface area contributed by atoms with Gasteiger partial charge in [0.1, 0.15) is 0 Å². The fraction of sp³-hybridized carbons (Fsp3) is 0.538. The molecule has 0 atom stereocenters. The standard InChI is InChI=1S/C13H19ClN2O/c14-12-2-4-13(5-3-12)15-6-8-16-7-1-10-17-11-9-16/h2-5,15H,1,6-11H2. The first-order valence-corrected chi connectivity index (χ1v) is 6.52. The Kier molecular flexibility index (Phi) is 5.10. The normalized spacial score (nSPS) is 17.7. The van der Waals surface area contributed by atoms with Gasteiger partial charge in [0, 0.05) is 43.5 Å². The predicted octanol–water partition coefficient (Wildman–Crippen LogP) is 2.47. The van der Waals surface area contributed by atoms with E-state index >= 15 is 0 Å². The largest absolute Gasteiger partial charge is 0.384 e. The van der Waals surface area contributed by atoms with E-state index in [0.717, 1.165) is 56.5 Å². The van der Waals surface area contributed by atoms with Crippen molar-refractivity contribution in [3.8, 4) is 0 Å². The molecule has 1 heterocycles. The van der Waals surface area contributed by atoms with E-state index < -0.39 is 0 Å². The van der Waals surface area contributed by atoms with Crippen molar-refractivity contribution >= 4 is 17.3 Å². The molecular formula is C13H19ClN2O. The van der Waals surface area contributed by atoms with Crippen molar-refractivity contribution in [2.24, 2.45) is 0 Å². The van der Waals surface area contributed by atoms with E-state index in [-0.39, 0.29) is 0 Å². The van der Waals surface area contributed by atoms with Crippen LogP contribution in [0.4, 0.5) is 5.69 Å². The summed E-state index contributed by atoms with van der Waals surface area (Å²) in [7, 11) is 0. The van der Waals surface area contributed by atoms with E-state index in [2.05, 4.69) is 10.2 Å². The Labute approximate surface area is 108 Å². The minimum absolute atomic E-state index is 0.778. The zero-order valence-electron chi connectivity index (χ0n) is 9.99. The van der Waals surface area contributed by atoms with Crippen LogP contribution in [0.5, 0.6) is 0 Å².